The molecule has 0 bridgehead atoms. The maximum absolute atomic E-state index is 12.1. The van der Waals surface area contributed by atoms with Crippen molar-refractivity contribution in [3.63, 3.8) is 0 Å². The van der Waals surface area contributed by atoms with Gasteiger partial charge in [0.1, 0.15) is 0 Å². The molecule has 0 spiro atoms. The Morgan fingerprint density at radius 2 is 2.10 bits per heavy atom. The Morgan fingerprint density at radius 1 is 1.33 bits per heavy atom. The van der Waals surface area contributed by atoms with Crippen molar-refractivity contribution in [3.05, 3.63) is 29.3 Å². The van der Waals surface area contributed by atoms with E-state index in [-0.39, 0.29) is 23.8 Å². The van der Waals surface area contributed by atoms with Gasteiger partial charge in [-0.15, -0.1) is 0 Å². The number of benzene rings is 1. The minimum Gasteiger partial charge on any atom is -0.350 e. The Balaban J connectivity index is 2.04. The van der Waals surface area contributed by atoms with E-state index in [2.05, 4.69) is 16.0 Å². The van der Waals surface area contributed by atoms with Crippen LogP contribution in [0.1, 0.15) is 36.2 Å². The number of hydrogen-bond donors (Lipinski definition) is 3. The maximum Gasteiger partial charge on any atom is 0.251 e. The van der Waals surface area contributed by atoms with Crippen LogP contribution >= 0.6 is 0 Å². The van der Waals surface area contributed by atoms with E-state index >= 15 is 0 Å². The predicted octanol–water partition coefficient (Wildman–Crippen LogP) is 1.68. The van der Waals surface area contributed by atoms with Gasteiger partial charge in [0.05, 0.1) is 5.92 Å². The molecule has 1 aromatic rings. The van der Waals surface area contributed by atoms with Crippen LogP contribution < -0.4 is 16.0 Å². The SMILES string of the molecule is Cc1cc(NC(=O)C2CCNC2)ccc1C(=O)NC(C)C. The van der Waals surface area contributed by atoms with Crippen LogP contribution in [0.2, 0.25) is 0 Å². The summed E-state index contributed by atoms with van der Waals surface area (Å²) in [4.78, 5) is 24.1. The molecule has 1 fully saturated rings. The van der Waals surface area contributed by atoms with Crippen LogP contribution in [0.5, 0.6) is 0 Å². The first-order valence-electron chi connectivity index (χ1n) is 7.40. The second-order valence-electron chi connectivity index (χ2n) is 5.84. The van der Waals surface area contributed by atoms with Gasteiger partial charge in [-0.1, -0.05) is 0 Å². The van der Waals surface area contributed by atoms with Crippen molar-refractivity contribution in [2.24, 2.45) is 5.92 Å². The van der Waals surface area contributed by atoms with Gasteiger partial charge in [-0.05, 0) is 57.5 Å². The van der Waals surface area contributed by atoms with Crippen molar-refractivity contribution in [2.45, 2.75) is 33.2 Å². The van der Waals surface area contributed by atoms with Gasteiger partial charge in [-0.2, -0.15) is 0 Å². The molecule has 21 heavy (non-hydrogen) atoms. The molecule has 1 unspecified atom stereocenters. The molecule has 2 amide bonds. The van der Waals surface area contributed by atoms with E-state index in [9.17, 15) is 9.59 Å². The minimum absolute atomic E-state index is 0.0363. The van der Waals surface area contributed by atoms with Crippen LogP contribution in [-0.2, 0) is 4.79 Å². The first kappa shape index (κ1) is 15.5. The molecular weight excluding hydrogens is 266 g/mol. The van der Waals surface area contributed by atoms with Crippen molar-refractivity contribution < 1.29 is 9.59 Å². The lowest BCUT2D eigenvalue weighted by molar-refractivity contribution is -0.119. The van der Waals surface area contributed by atoms with Crippen molar-refractivity contribution >= 4 is 17.5 Å². The number of carbonyl (C=O) groups excluding carboxylic acids is 2. The molecule has 1 aliphatic heterocycles. The maximum atomic E-state index is 12.1. The molecule has 1 saturated heterocycles. The summed E-state index contributed by atoms with van der Waals surface area (Å²) in [6.07, 6.45) is 0.875. The molecule has 1 aromatic carbocycles. The van der Waals surface area contributed by atoms with E-state index in [1.54, 1.807) is 12.1 Å². The lowest BCUT2D eigenvalue weighted by Gasteiger charge is -2.13. The molecule has 2 rings (SSSR count). The topological polar surface area (TPSA) is 70.2 Å². The molecule has 114 valence electrons. The fourth-order valence-electron chi connectivity index (χ4n) is 2.46. The highest BCUT2D eigenvalue weighted by molar-refractivity contribution is 5.97. The van der Waals surface area contributed by atoms with Gasteiger partial charge in [-0.3, -0.25) is 9.59 Å². The zero-order chi connectivity index (χ0) is 15.4. The molecule has 1 aliphatic rings. The zero-order valence-corrected chi connectivity index (χ0v) is 12.8. The monoisotopic (exact) mass is 289 g/mol. The molecule has 0 aromatic heterocycles. The fraction of sp³-hybridized carbons (Fsp3) is 0.500. The average molecular weight is 289 g/mol. The summed E-state index contributed by atoms with van der Waals surface area (Å²) < 4.78 is 0. The Hall–Kier alpha value is -1.88. The van der Waals surface area contributed by atoms with Gasteiger partial charge in [0.25, 0.3) is 5.91 Å². The summed E-state index contributed by atoms with van der Waals surface area (Å²) >= 11 is 0. The Bertz CT molecular complexity index is 534. The third-order valence-electron chi connectivity index (χ3n) is 3.59. The lowest BCUT2D eigenvalue weighted by Crippen LogP contribution is -2.30. The van der Waals surface area contributed by atoms with Gasteiger partial charge < -0.3 is 16.0 Å². The summed E-state index contributed by atoms with van der Waals surface area (Å²) in [5.41, 5.74) is 2.24. The molecule has 1 atom stereocenters. The summed E-state index contributed by atoms with van der Waals surface area (Å²) in [6, 6.07) is 5.49. The molecule has 5 nitrogen and oxygen atoms in total. The van der Waals surface area contributed by atoms with Crippen LogP contribution in [0.4, 0.5) is 5.69 Å². The van der Waals surface area contributed by atoms with E-state index in [1.165, 1.54) is 0 Å². The van der Waals surface area contributed by atoms with Gasteiger partial charge in [-0.25, -0.2) is 0 Å². The number of aryl methyl sites for hydroxylation is 1. The predicted molar refractivity (Wildman–Crippen MR) is 83.4 cm³/mol. The standard InChI is InChI=1S/C16H23N3O2/c1-10(2)18-16(21)14-5-4-13(8-11(14)3)19-15(20)12-6-7-17-9-12/h4-5,8,10,12,17H,6-7,9H2,1-3H3,(H,18,21)(H,19,20). The fourth-order valence-corrected chi connectivity index (χ4v) is 2.46. The van der Waals surface area contributed by atoms with Gasteiger partial charge in [0.15, 0.2) is 0 Å². The van der Waals surface area contributed by atoms with Gasteiger partial charge in [0, 0.05) is 23.8 Å². The van der Waals surface area contributed by atoms with E-state index in [0.717, 1.165) is 30.8 Å². The van der Waals surface area contributed by atoms with Crippen LogP contribution in [0, 0.1) is 12.8 Å². The lowest BCUT2D eigenvalue weighted by atomic mass is 10.1. The number of anilines is 1. The third kappa shape index (κ3) is 4.04. The second kappa shape index (κ2) is 6.72. The minimum atomic E-state index is -0.0830. The number of carbonyl (C=O) groups is 2. The molecule has 0 aliphatic carbocycles. The van der Waals surface area contributed by atoms with E-state index in [1.807, 2.05) is 26.8 Å². The van der Waals surface area contributed by atoms with Crippen molar-refractivity contribution in [1.82, 2.24) is 10.6 Å². The Morgan fingerprint density at radius 3 is 2.67 bits per heavy atom. The van der Waals surface area contributed by atoms with Crippen LogP contribution in [0.25, 0.3) is 0 Å². The molecule has 3 N–H and O–H groups in total. The molecule has 0 saturated carbocycles. The third-order valence-corrected chi connectivity index (χ3v) is 3.59. The van der Waals surface area contributed by atoms with Crippen LogP contribution in [-0.4, -0.2) is 30.9 Å². The van der Waals surface area contributed by atoms with Crippen LogP contribution in [0.15, 0.2) is 18.2 Å². The second-order valence-corrected chi connectivity index (χ2v) is 5.84. The first-order valence-corrected chi connectivity index (χ1v) is 7.40. The van der Waals surface area contributed by atoms with Crippen molar-refractivity contribution in [3.8, 4) is 0 Å². The summed E-state index contributed by atoms with van der Waals surface area (Å²) in [7, 11) is 0. The van der Waals surface area contributed by atoms with Crippen molar-refractivity contribution in [2.75, 3.05) is 18.4 Å². The molecule has 1 heterocycles. The van der Waals surface area contributed by atoms with Crippen LogP contribution in [0.3, 0.4) is 0 Å². The highest BCUT2D eigenvalue weighted by Crippen LogP contribution is 2.17. The number of rotatable bonds is 4. The molecule has 5 heteroatoms. The number of hydrogen-bond acceptors (Lipinski definition) is 3. The molecule has 0 radical (unpaired) electrons. The van der Waals surface area contributed by atoms with Crippen molar-refractivity contribution in [1.29, 1.82) is 0 Å². The number of nitrogens with one attached hydrogen (secondary N) is 3. The van der Waals surface area contributed by atoms with E-state index in [0.29, 0.717) is 5.56 Å². The Kier molecular flexibility index (Phi) is 4.96. The molecular formula is C16H23N3O2. The summed E-state index contributed by atoms with van der Waals surface area (Å²) in [5, 5.41) is 8.97. The smallest absolute Gasteiger partial charge is 0.251 e. The van der Waals surface area contributed by atoms with E-state index in [4.69, 9.17) is 0 Å². The highest BCUT2D eigenvalue weighted by Gasteiger charge is 2.22. The zero-order valence-electron chi connectivity index (χ0n) is 12.8. The normalized spacial score (nSPS) is 17.8. The average Bonchev–Trinajstić information content (AvgIpc) is 2.91. The summed E-state index contributed by atoms with van der Waals surface area (Å²) in [5.74, 6) is -0.00614. The summed E-state index contributed by atoms with van der Waals surface area (Å²) in [6.45, 7) is 7.36. The first-order chi connectivity index (χ1) is 9.97. The number of amides is 2. The highest BCUT2D eigenvalue weighted by atomic mass is 16.2. The Labute approximate surface area is 125 Å². The quantitative estimate of drug-likeness (QED) is 0.790. The van der Waals surface area contributed by atoms with E-state index < -0.39 is 0 Å². The van der Waals surface area contributed by atoms with Gasteiger partial charge in [0.2, 0.25) is 5.91 Å². The van der Waals surface area contributed by atoms with Gasteiger partial charge >= 0.3 is 0 Å². The largest absolute Gasteiger partial charge is 0.350 e.